The lowest BCUT2D eigenvalue weighted by atomic mass is 10.0. The van der Waals surface area contributed by atoms with Crippen molar-refractivity contribution in [2.24, 2.45) is 0 Å². The van der Waals surface area contributed by atoms with Crippen molar-refractivity contribution in [2.75, 3.05) is 25.1 Å². The lowest BCUT2D eigenvalue weighted by Crippen LogP contribution is -2.40. The molecule has 3 heterocycles. The number of nitrogens with zero attached hydrogens (tertiary/aromatic N) is 4. The molecule has 1 aliphatic rings. The molecule has 0 radical (unpaired) electrons. The summed E-state index contributed by atoms with van der Waals surface area (Å²) in [6, 6.07) is 16.1. The molecule has 1 fully saturated rings. The number of fused-ring (bicyclic) bond motifs is 1. The Morgan fingerprint density at radius 1 is 1.22 bits per heavy atom. The van der Waals surface area contributed by atoms with Crippen molar-refractivity contribution >= 4 is 34.0 Å². The Labute approximate surface area is 215 Å². The van der Waals surface area contributed by atoms with Crippen molar-refractivity contribution in [2.45, 2.75) is 39.0 Å². The summed E-state index contributed by atoms with van der Waals surface area (Å²) in [5.74, 6) is 1.55. The zero-order valence-electron chi connectivity index (χ0n) is 20.6. The molecule has 7 nitrogen and oxygen atoms in total. The number of benzene rings is 2. The second kappa shape index (κ2) is 10.6. The molecule has 0 bridgehead atoms. The van der Waals surface area contributed by atoms with E-state index in [1.54, 1.807) is 18.8 Å². The maximum absolute atomic E-state index is 13.6. The third-order valence-electron chi connectivity index (χ3n) is 6.62. The zero-order chi connectivity index (χ0) is 25.1. The Bertz CT molecular complexity index is 1340. The van der Waals surface area contributed by atoms with Crippen molar-refractivity contribution in [3.63, 3.8) is 0 Å². The Kier molecular flexibility index (Phi) is 7.16. The number of aliphatic hydroxyl groups is 1. The van der Waals surface area contributed by atoms with Crippen molar-refractivity contribution in [3.05, 3.63) is 81.8 Å². The number of piperidine rings is 1. The van der Waals surface area contributed by atoms with Crippen LogP contribution in [0.4, 0.5) is 5.82 Å². The normalized spacial score (nSPS) is 15.8. The van der Waals surface area contributed by atoms with Gasteiger partial charge in [0.1, 0.15) is 16.4 Å². The summed E-state index contributed by atoms with van der Waals surface area (Å²) >= 11 is 1.34. The summed E-state index contributed by atoms with van der Waals surface area (Å²) in [5.41, 5.74) is 5.71. The number of hydrogen-bond donors (Lipinski definition) is 1. The third kappa shape index (κ3) is 5.20. The number of aliphatic hydroxyl groups excluding tert-OH is 1. The van der Waals surface area contributed by atoms with Crippen LogP contribution >= 0.6 is 11.3 Å². The van der Waals surface area contributed by atoms with E-state index in [2.05, 4.69) is 35.0 Å². The molecule has 186 valence electrons. The summed E-state index contributed by atoms with van der Waals surface area (Å²) in [6.45, 7) is 4.26. The quantitative estimate of drug-likeness (QED) is 0.391. The number of pyridine rings is 1. The topological polar surface area (TPSA) is 78.8 Å². The van der Waals surface area contributed by atoms with E-state index in [1.165, 1.54) is 11.3 Å². The molecule has 0 unspecified atom stereocenters. The molecule has 0 saturated carbocycles. The molecule has 5 rings (SSSR count). The molecule has 4 aromatic rings. The lowest BCUT2D eigenvalue weighted by Gasteiger charge is -2.33. The van der Waals surface area contributed by atoms with Gasteiger partial charge in [-0.2, -0.15) is 0 Å². The van der Waals surface area contributed by atoms with Crippen LogP contribution in [0.2, 0.25) is 0 Å². The highest BCUT2D eigenvalue weighted by atomic mass is 32.1. The fourth-order valence-electron chi connectivity index (χ4n) is 4.75. The van der Waals surface area contributed by atoms with E-state index in [-0.39, 0.29) is 12.0 Å². The summed E-state index contributed by atoms with van der Waals surface area (Å²) in [6.07, 6.45) is 2.95. The molecular formula is C28H30N4O3S. The third-order valence-corrected chi connectivity index (χ3v) is 7.38. The summed E-state index contributed by atoms with van der Waals surface area (Å²) in [7, 11) is 1.64. The molecule has 0 spiro atoms. The maximum Gasteiger partial charge on any atom is 0.266 e. The molecule has 1 atom stereocenters. The van der Waals surface area contributed by atoms with Gasteiger partial charge in [0.15, 0.2) is 0 Å². The first-order chi connectivity index (χ1) is 17.5. The number of anilines is 1. The number of aromatic nitrogens is 2. The van der Waals surface area contributed by atoms with Gasteiger partial charge in [0.25, 0.3) is 5.91 Å². The van der Waals surface area contributed by atoms with Crippen LogP contribution in [0.5, 0.6) is 5.75 Å². The fourth-order valence-corrected chi connectivity index (χ4v) is 5.34. The average Bonchev–Trinajstić information content (AvgIpc) is 3.43. The molecule has 8 heteroatoms. The number of β-amino-alcohol motifs (C(OH)–C–C–N with tert-alkyl or cyclic N) is 1. The van der Waals surface area contributed by atoms with Gasteiger partial charge in [0.2, 0.25) is 0 Å². The van der Waals surface area contributed by atoms with Crippen LogP contribution in [-0.2, 0) is 13.1 Å². The van der Waals surface area contributed by atoms with Crippen LogP contribution in [0.1, 0.15) is 39.2 Å². The van der Waals surface area contributed by atoms with E-state index in [9.17, 15) is 9.90 Å². The first-order valence-electron chi connectivity index (χ1n) is 12.1. The minimum Gasteiger partial charge on any atom is -0.497 e. The van der Waals surface area contributed by atoms with Crippen LogP contribution in [-0.4, -0.2) is 52.2 Å². The predicted molar refractivity (Wildman–Crippen MR) is 143 cm³/mol. The highest BCUT2D eigenvalue weighted by Crippen LogP contribution is 2.30. The van der Waals surface area contributed by atoms with Gasteiger partial charge in [-0.15, -0.1) is 11.3 Å². The molecule has 1 aliphatic heterocycles. The van der Waals surface area contributed by atoms with Gasteiger partial charge in [-0.3, -0.25) is 9.78 Å². The molecule has 1 saturated heterocycles. The number of thiazole rings is 1. The zero-order valence-corrected chi connectivity index (χ0v) is 21.4. The first kappa shape index (κ1) is 24.2. The van der Waals surface area contributed by atoms with Gasteiger partial charge in [0.05, 0.1) is 37.0 Å². The minimum atomic E-state index is -0.379. The molecule has 1 amide bonds. The number of aryl methyl sites for hydroxylation is 1. The van der Waals surface area contributed by atoms with E-state index in [4.69, 9.17) is 9.72 Å². The van der Waals surface area contributed by atoms with Crippen molar-refractivity contribution in [3.8, 4) is 5.75 Å². The lowest BCUT2D eigenvalue weighted by molar-refractivity contribution is 0.0734. The fraction of sp³-hybridized carbons (Fsp3) is 0.321. The van der Waals surface area contributed by atoms with E-state index in [0.29, 0.717) is 24.5 Å². The Balaban J connectivity index is 1.55. The number of amides is 1. The maximum atomic E-state index is 13.6. The number of carbonyl (C=O) groups excluding carboxylic acids is 1. The predicted octanol–water partition coefficient (Wildman–Crippen LogP) is 4.81. The number of hydrogen-bond acceptors (Lipinski definition) is 7. The van der Waals surface area contributed by atoms with Gasteiger partial charge in [-0.1, -0.05) is 30.3 Å². The van der Waals surface area contributed by atoms with Gasteiger partial charge in [-0.25, -0.2) is 4.98 Å². The van der Waals surface area contributed by atoms with Gasteiger partial charge in [0, 0.05) is 30.6 Å². The summed E-state index contributed by atoms with van der Waals surface area (Å²) in [5, 5.41) is 11.4. The van der Waals surface area contributed by atoms with E-state index >= 15 is 0 Å². The van der Waals surface area contributed by atoms with Crippen molar-refractivity contribution in [1.82, 2.24) is 14.9 Å². The van der Waals surface area contributed by atoms with E-state index < -0.39 is 0 Å². The molecule has 2 aromatic heterocycles. The van der Waals surface area contributed by atoms with Crippen LogP contribution in [0.15, 0.2) is 60.2 Å². The summed E-state index contributed by atoms with van der Waals surface area (Å²) < 4.78 is 5.30. The largest absolute Gasteiger partial charge is 0.497 e. The van der Waals surface area contributed by atoms with Crippen molar-refractivity contribution < 1.29 is 14.6 Å². The minimum absolute atomic E-state index is 0.0673. The van der Waals surface area contributed by atoms with Gasteiger partial charge in [-0.05, 0) is 49.1 Å². The van der Waals surface area contributed by atoms with Crippen LogP contribution in [0, 0.1) is 6.92 Å². The molecule has 36 heavy (non-hydrogen) atoms. The Morgan fingerprint density at radius 3 is 2.78 bits per heavy atom. The number of ether oxygens (including phenoxy) is 1. The first-order valence-corrected chi connectivity index (χ1v) is 13.0. The second-order valence-electron chi connectivity index (χ2n) is 9.23. The highest BCUT2D eigenvalue weighted by Gasteiger charge is 2.25. The van der Waals surface area contributed by atoms with Gasteiger partial charge >= 0.3 is 0 Å². The van der Waals surface area contributed by atoms with Crippen LogP contribution < -0.4 is 9.64 Å². The number of para-hydroxylation sites is 1. The Morgan fingerprint density at radius 2 is 2.06 bits per heavy atom. The standard InChI is InChI=1S/C28H30N4O3S/c1-19-5-3-6-21-13-22(27(30-26(19)21)31-12-4-7-23(33)17-31)16-32(28(34)25-14-29-18-36-25)15-20-8-10-24(35-2)11-9-20/h3,5-6,8-11,13-14,18,23,33H,4,7,12,15-17H2,1-2H3/t23-/m1/s1. The molecular weight excluding hydrogens is 472 g/mol. The van der Waals surface area contributed by atoms with Crippen LogP contribution in [0.25, 0.3) is 10.9 Å². The average molecular weight is 503 g/mol. The summed E-state index contributed by atoms with van der Waals surface area (Å²) in [4.78, 5) is 27.4. The monoisotopic (exact) mass is 502 g/mol. The highest BCUT2D eigenvalue weighted by molar-refractivity contribution is 7.11. The second-order valence-corrected chi connectivity index (χ2v) is 10.1. The molecule has 2 aromatic carbocycles. The Hall–Kier alpha value is -3.49. The SMILES string of the molecule is COc1ccc(CN(Cc2cc3cccc(C)c3nc2N2CCC[C@@H](O)C2)C(=O)c2cncs2)cc1. The van der Waals surface area contributed by atoms with Crippen LogP contribution in [0.3, 0.4) is 0 Å². The number of carbonyl (C=O) groups is 1. The molecule has 1 N–H and O–H groups in total. The van der Waals surface area contributed by atoms with Crippen molar-refractivity contribution in [1.29, 1.82) is 0 Å². The van der Waals surface area contributed by atoms with Gasteiger partial charge < -0.3 is 19.6 Å². The number of methoxy groups -OCH3 is 1. The molecule has 0 aliphatic carbocycles. The smallest absolute Gasteiger partial charge is 0.266 e. The van der Waals surface area contributed by atoms with E-state index in [1.807, 2.05) is 35.2 Å². The number of rotatable bonds is 7. The van der Waals surface area contributed by atoms with E-state index in [0.717, 1.165) is 58.5 Å².